The van der Waals surface area contributed by atoms with Gasteiger partial charge in [-0.1, -0.05) is 12.1 Å². The fourth-order valence-corrected chi connectivity index (χ4v) is 3.01. The first kappa shape index (κ1) is 12.9. The number of benzene rings is 1. The van der Waals surface area contributed by atoms with Crippen LogP contribution in [0.3, 0.4) is 0 Å². The van der Waals surface area contributed by atoms with E-state index < -0.39 is 0 Å². The Kier molecular flexibility index (Phi) is 4.04. The molecule has 0 radical (unpaired) electrons. The van der Waals surface area contributed by atoms with Gasteiger partial charge >= 0.3 is 0 Å². The summed E-state index contributed by atoms with van der Waals surface area (Å²) in [5, 5.41) is 10.2. The van der Waals surface area contributed by atoms with Crippen LogP contribution in [0.4, 0.5) is 0 Å². The van der Waals surface area contributed by atoms with Crippen LogP contribution in [0.5, 0.6) is 5.75 Å². The third-order valence-corrected chi connectivity index (χ3v) is 4.22. The molecule has 1 N–H and O–H groups in total. The summed E-state index contributed by atoms with van der Waals surface area (Å²) in [5.41, 5.74) is 2.62. The van der Waals surface area contributed by atoms with Crippen molar-refractivity contribution in [2.75, 3.05) is 19.8 Å². The zero-order valence-corrected chi connectivity index (χ0v) is 11.3. The lowest BCUT2D eigenvalue weighted by atomic mass is 9.91. The fourth-order valence-electron chi connectivity index (χ4n) is 3.01. The Morgan fingerprint density at radius 1 is 1.32 bits per heavy atom. The van der Waals surface area contributed by atoms with Crippen LogP contribution in [-0.4, -0.2) is 31.0 Å². The molecular weight excluding hydrogens is 240 g/mol. The molecule has 0 aromatic heterocycles. The van der Waals surface area contributed by atoms with Gasteiger partial charge in [-0.3, -0.25) is 0 Å². The van der Waals surface area contributed by atoms with Crippen LogP contribution in [-0.2, 0) is 17.6 Å². The van der Waals surface area contributed by atoms with Crippen LogP contribution < -0.4 is 4.74 Å². The van der Waals surface area contributed by atoms with Gasteiger partial charge in [0.25, 0.3) is 0 Å². The first-order chi connectivity index (χ1) is 9.33. The van der Waals surface area contributed by atoms with Gasteiger partial charge in [-0.2, -0.15) is 0 Å². The summed E-state index contributed by atoms with van der Waals surface area (Å²) in [6.07, 6.45) is 4.72. The minimum Gasteiger partial charge on any atom is -0.493 e. The summed E-state index contributed by atoms with van der Waals surface area (Å²) < 4.78 is 10.9. The van der Waals surface area contributed by atoms with Crippen molar-refractivity contribution in [1.82, 2.24) is 0 Å². The fraction of sp³-hybridized carbons (Fsp3) is 0.625. The van der Waals surface area contributed by atoms with E-state index in [1.165, 1.54) is 11.1 Å². The molecule has 104 valence electrons. The van der Waals surface area contributed by atoms with E-state index in [0.29, 0.717) is 5.92 Å². The second kappa shape index (κ2) is 5.93. The van der Waals surface area contributed by atoms with Gasteiger partial charge in [0.2, 0.25) is 0 Å². The van der Waals surface area contributed by atoms with Crippen molar-refractivity contribution >= 4 is 0 Å². The molecule has 2 heterocycles. The van der Waals surface area contributed by atoms with E-state index in [-0.39, 0.29) is 6.10 Å². The summed E-state index contributed by atoms with van der Waals surface area (Å²) in [6.45, 7) is 2.38. The van der Waals surface area contributed by atoms with Gasteiger partial charge < -0.3 is 14.6 Å². The Balaban J connectivity index is 1.53. The van der Waals surface area contributed by atoms with Crippen LogP contribution in [0.25, 0.3) is 0 Å². The van der Waals surface area contributed by atoms with Gasteiger partial charge in [0.05, 0.1) is 19.3 Å². The van der Waals surface area contributed by atoms with Crippen LogP contribution in [0.2, 0.25) is 0 Å². The molecule has 0 aliphatic carbocycles. The number of aryl methyl sites for hydroxylation is 1. The maximum atomic E-state index is 10.2. The standard InChI is InChI=1S/C16H22O3/c17-15(14-2-1-8-18-11-14)5-3-12-4-6-16-13(10-12)7-9-19-16/h4,6,10,14-15,17H,1-3,5,7-9,11H2. The van der Waals surface area contributed by atoms with Gasteiger partial charge in [0, 0.05) is 18.9 Å². The van der Waals surface area contributed by atoms with E-state index in [1.54, 1.807) is 0 Å². The van der Waals surface area contributed by atoms with Crippen molar-refractivity contribution in [3.8, 4) is 5.75 Å². The highest BCUT2D eigenvalue weighted by Gasteiger charge is 2.22. The zero-order valence-electron chi connectivity index (χ0n) is 11.3. The van der Waals surface area contributed by atoms with Crippen molar-refractivity contribution in [1.29, 1.82) is 0 Å². The van der Waals surface area contributed by atoms with Crippen molar-refractivity contribution in [2.45, 2.75) is 38.2 Å². The molecule has 2 aliphatic heterocycles. The Labute approximate surface area is 114 Å². The van der Waals surface area contributed by atoms with Gasteiger partial charge in [0.15, 0.2) is 0 Å². The van der Waals surface area contributed by atoms with Gasteiger partial charge in [-0.15, -0.1) is 0 Å². The molecule has 0 amide bonds. The average Bonchev–Trinajstić information content (AvgIpc) is 2.93. The molecule has 3 nitrogen and oxygen atoms in total. The monoisotopic (exact) mass is 262 g/mol. The largest absolute Gasteiger partial charge is 0.493 e. The lowest BCUT2D eigenvalue weighted by Gasteiger charge is -2.26. The van der Waals surface area contributed by atoms with E-state index in [9.17, 15) is 5.11 Å². The minimum absolute atomic E-state index is 0.232. The van der Waals surface area contributed by atoms with Crippen LogP contribution in [0.1, 0.15) is 30.4 Å². The normalized spacial score (nSPS) is 23.7. The lowest BCUT2D eigenvalue weighted by molar-refractivity contribution is -0.0116. The molecule has 0 bridgehead atoms. The predicted octanol–water partition coefficient (Wildman–Crippen LogP) is 2.34. The van der Waals surface area contributed by atoms with Gasteiger partial charge in [-0.25, -0.2) is 0 Å². The molecule has 0 saturated carbocycles. The summed E-state index contributed by atoms with van der Waals surface area (Å²) in [7, 11) is 0. The summed E-state index contributed by atoms with van der Waals surface area (Å²) in [6, 6.07) is 6.41. The molecule has 1 fully saturated rings. The number of hydrogen-bond acceptors (Lipinski definition) is 3. The summed E-state index contributed by atoms with van der Waals surface area (Å²) in [4.78, 5) is 0. The Morgan fingerprint density at radius 2 is 2.26 bits per heavy atom. The maximum absolute atomic E-state index is 10.2. The first-order valence-corrected chi connectivity index (χ1v) is 7.33. The third-order valence-electron chi connectivity index (χ3n) is 4.22. The molecule has 1 aromatic carbocycles. The molecule has 1 aromatic rings. The highest BCUT2D eigenvalue weighted by atomic mass is 16.5. The highest BCUT2D eigenvalue weighted by molar-refractivity contribution is 5.39. The highest BCUT2D eigenvalue weighted by Crippen LogP contribution is 2.27. The number of hydrogen-bond donors (Lipinski definition) is 1. The van der Waals surface area contributed by atoms with E-state index in [2.05, 4.69) is 18.2 Å². The smallest absolute Gasteiger partial charge is 0.122 e. The topological polar surface area (TPSA) is 38.7 Å². The minimum atomic E-state index is -0.232. The lowest BCUT2D eigenvalue weighted by Crippen LogP contribution is -2.29. The van der Waals surface area contributed by atoms with Crippen molar-refractivity contribution in [3.63, 3.8) is 0 Å². The van der Waals surface area contributed by atoms with Crippen LogP contribution in [0.15, 0.2) is 18.2 Å². The number of rotatable bonds is 4. The van der Waals surface area contributed by atoms with Crippen LogP contribution >= 0.6 is 0 Å². The van der Waals surface area contributed by atoms with E-state index in [0.717, 1.165) is 57.7 Å². The average molecular weight is 262 g/mol. The number of fused-ring (bicyclic) bond motifs is 1. The van der Waals surface area contributed by atoms with Gasteiger partial charge in [-0.05, 0) is 42.9 Å². The molecule has 3 heteroatoms. The summed E-state index contributed by atoms with van der Waals surface area (Å²) >= 11 is 0. The number of aliphatic hydroxyl groups excluding tert-OH is 1. The van der Waals surface area contributed by atoms with E-state index in [1.807, 2.05) is 0 Å². The van der Waals surface area contributed by atoms with Gasteiger partial charge in [0.1, 0.15) is 5.75 Å². The third kappa shape index (κ3) is 3.10. The molecule has 2 unspecified atom stereocenters. The second-order valence-electron chi connectivity index (χ2n) is 5.62. The molecule has 19 heavy (non-hydrogen) atoms. The molecule has 3 rings (SSSR count). The molecule has 2 aliphatic rings. The van der Waals surface area contributed by atoms with Crippen molar-refractivity contribution in [3.05, 3.63) is 29.3 Å². The summed E-state index contributed by atoms with van der Waals surface area (Å²) in [5.74, 6) is 1.36. The predicted molar refractivity (Wildman–Crippen MR) is 73.5 cm³/mol. The zero-order chi connectivity index (χ0) is 13.1. The quantitative estimate of drug-likeness (QED) is 0.905. The Hall–Kier alpha value is -1.06. The molecule has 1 saturated heterocycles. The second-order valence-corrected chi connectivity index (χ2v) is 5.62. The molecular formula is C16H22O3. The number of ether oxygens (including phenoxy) is 2. The SMILES string of the molecule is OC(CCc1ccc2c(c1)CCO2)C1CCCOC1. The molecule has 2 atom stereocenters. The molecule has 0 spiro atoms. The van der Waals surface area contributed by atoms with Crippen molar-refractivity contribution < 1.29 is 14.6 Å². The first-order valence-electron chi connectivity index (χ1n) is 7.33. The van der Waals surface area contributed by atoms with Crippen LogP contribution in [0, 0.1) is 5.92 Å². The van der Waals surface area contributed by atoms with E-state index in [4.69, 9.17) is 9.47 Å². The number of aliphatic hydroxyl groups is 1. The Bertz CT molecular complexity index is 424. The van der Waals surface area contributed by atoms with Crippen molar-refractivity contribution in [2.24, 2.45) is 5.92 Å². The maximum Gasteiger partial charge on any atom is 0.122 e. The Morgan fingerprint density at radius 3 is 3.11 bits per heavy atom. The van der Waals surface area contributed by atoms with E-state index >= 15 is 0 Å².